The van der Waals surface area contributed by atoms with Gasteiger partial charge in [-0.3, -0.25) is 0 Å². The fourth-order valence-corrected chi connectivity index (χ4v) is 4.11. The number of benzene rings is 1. The van der Waals surface area contributed by atoms with Crippen molar-refractivity contribution in [3.8, 4) is 11.3 Å². The number of hydrogen-bond donors (Lipinski definition) is 1. The van der Waals surface area contributed by atoms with Crippen LogP contribution in [0.5, 0.6) is 0 Å². The maximum Gasteiger partial charge on any atom is 0.407 e. The molecule has 27 heavy (non-hydrogen) atoms. The number of piperidine rings is 1. The van der Waals surface area contributed by atoms with Gasteiger partial charge in [-0.05, 0) is 43.7 Å². The summed E-state index contributed by atoms with van der Waals surface area (Å²) in [7, 11) is 0. The summed E-state index contributed by atoms with van der Waals surface area (Å²) in [4.78, 5) is 12.5. The van der Waals surface area contributed by atoms with E-state index >= 15 is 0 Å². The second kappa shape index (κ2) is 7.56. The summed E-state index contributed by atoms with van der Waals surface area (Å²) in [5, 5.41) is 14.5. The highest BCUT2D eigenvalue weighted by Crippen LogP contribution is 2.46. The second-order valence-electron chi connectivity index (χ2n) is 7.15. The number of aromatic nitrogens is 1. The Labute approximate surface area is 167 Å². The van der Waals surface area contributed by atoms with Crippen LogP contribution in [0.15, 0.2) is 28.8 Å². The predicted octanol–water partition coefficient (Wildman–Crippen LogP) is 5.93. The van der Waals surface area contributed by atoms with Crippen molar-refractivity contribution in [3.05, 3.63) is 45.6 Å². The molecule has 0 radical (unpaired) electrons. The average molecular weight is 407 g/mol. The van der Waals surface area contributed by atoms with E-state index in [0.717, 1.165) is 37.0 Å². The third-order valence-corrected chi connectivity index (χ3v) is 5.88. The molecule has 2 aliphatic rings. The van der Waals surface area contributed by atoms with Crippen LogP contribution in [-0.4, -0.2) is 34.3 Å². The largest absolute Gasteiger partial charge is 0.465 e. The van der Waals surface area contributed by atoms with Crippen molar-refractivity contribution >= 4 is 35.4 Å². The lowest BCUT2D eigenvalue weighted by Crippen LogP contribution is -2.36. The smallest absolute Gasteiger partial charge is 0.407 e. The van der Waals surface area contributed by atoms with Gasteiger partial charge in [-0.15, -0.1) is 0 Å². The molecule has 1 aromatic heterocycles. The molecule has 0 atom stereocenters. The number of likely N-dealkylation sites (tertiary alicyclic amines) is 1. The molecule has 1 amide bonds. The Bertz CT molecular complexity index is 861. The van der Waals surface area contributed by atoms with Gasteiger partial charge in [0, 0.05) is 30.1 Å². The molecule has 1 aromatic carbocycles. The van der Waals surface area contributed by atoms with E-state index < -0.39 is 6.09 Å². The van der Waals surface area contributed by atoms with Crippen LogP contribution in [0.2, 0.25) is 10.0 Å². The third-order valence-electron chi connectivity index (χ3n) is 5.25. The van der Waals surface area contributed by atoms with E-state index in [1.807, 2.05) is 6.07 Å². The lowest BCUT2D eigenvalue weighted by atomic mass is 9.94. The summed E-state index contributed by atoms with van der Waals surface area (Å²) in [6, 6.07) is 5.40. The van der Waals surface area contributed by atoms with Crippen LogP contribution in [0.4, 0.5) is 4.79 Å². The Balaban J connectivity index is 1.62. The average Bonchev–Trinajstić information content (AvgIpc) is 3.41. The number of hydrogen-bond acceptors (Lipinski definition) is 3. The number of rotatable bonds is 4. The standard InChI is InChI=1S/C20H20Cl2N2O3/c21-15-2-1-3-16(22)17(15)18-14(19(27-23-18)13-5-6-13)7-4-12-8-10-24(11-9-12)20(25)26/h1-4,7,12-13H,5-6,8-11H2,(H,25,26). The summed E-state index contributed by atoms with van der Waals surface area (Å²) in [5.41, 5.74) is 2.30. The minimum atomic E-state index is -0.844. The molecule has 4 rings (SSSR count). The zero-order valence-electron chi connectivity index (χ0n) is 14.7. The van der Waals surface area contributed by atoms with Crippen molar-refractivity contribution < 1.29 is 14.4 Å². The number of amides is 1. The molecule has 0 bridgehead atoms. The molecule has 5 nitrogen and oxygen atoms in total. The van der Waals surface area contributed by atoms with Gasteiger partial charge in [-0.1, -0.05) is 46.6 Å². The highest BCUT2D eigenvalue weighted by molar-refractivity contribution is 6.39. The molecular weight excluding hydrogens is 387 g/mol. The zero-order chi connectivity index (χ0) is 19.0. The molecule has 1 aliphatic carbocycles. The first-order chi connectivity index (χ1) is 13.0. The molecule has 2 aromatic rings. The van der Waals surface area contributed by atoms with Gasteiger partial charge in [0.15, 0.2) is 0 Å². The fourth-order valence-electron chi connectivity index (χ4n) is 3.53. The van der Waals surface area contributed by atoms with E-state index in [-0.39, 0.29) is 0 Å². The Morgan fingerprint density at radius 1 is 1.19 bits per heavy atom. The first-order valence-electron chi connectivity index (χ1n) is 9.14. The summed E-state index contributed by atoms with van der Waals surface area (Å²) < 4.78 is 5.67. The summed E-state index contributed by atoms with van der Waals surface area (Å²) in [5.74, 6) is 1.62. The zero-order valence-corrected chi connectivity index (χ0v) is 16.2. The summed E-state index contributed by atoms with van der Waals surface area (Å²) in [6.07, 6.45) is 7.19. The molecule has 1 N–H and O–H groups in total. The van der Waals surface area contributed by atoms with Crippen molar-refractivity contribution in [1.82, 2.24) is 10.1 Å². The van der Waals surface area contributed by atoms with Crippen LogP contribution in [-0.2, 0) is 0 Å². The molecule has 2 heterocycles. The number of allylic oxidation sites excluding steroid dienone is 1. The first-order valence-corrected chi connectivity index (χ1v) is 9.90. The molecule has 1 saturated heterocycles. The van der Waals surface area contributed by atoms with Gasteiger partial charge in [-0.2, -0.15) is 0 Å². The van der Waals surface area contributed by atoms with E-state index in [4.69, 9.17) is 32.8 Å². The first kappa shape index (κ1) is 18.4. The monoisotopic (exact) mass is 406 g/mol. The van der Waals surface area contributed by atoms with Crippen LogP contribution >= 0.6 is 23.2 Å². The van der Waals surface area contributed by atoms with E-state index in [1.54, 1.807) is 12.1 Å². The van der Waals surface area contributed by atoms with Gasteiger partial charge >= 0.3 is 6.09 Å². The molecule has 2 fully saturated rings. The van der Waals surface area contributed by atoms with Crippen molar-refractivity contribution in [1.29, 1.82) is 0 Å². The van der Waals surface area contributed by atoms with Crippen LogP contribution in [0, 0.1) is 5.92 Å². The molecule has 1 aliphatic heterocycles. The van der Waals surface area contributed by atoms with Crippen LogP contribution < -0.4 is 0 Å². The SMILES string of the molecule is O=C(O)N1CCC(C=Cc2c(-c3c(Cl)cccc3Cl)noc2C2CC2)CC1. The maximum atomic E-state index is 11.1. The number of nitrogens with zero attached hydrogens (tertiary/aromatic N) is 2. The summed E-state index contributed by atoms with van der Waals surface area (Å²) >= 11 is 12.8. The summed E-state index contributed by atoms with van der Waals surface area (Å²) in [6.45, 7) is 1.12. The minimum Gasteiger partial charge on any atom is -0.465 e. The third kappa shape index (κ3) is 3.85. The van der Waals surface area contributed by atoms with Crippen molar-refractivity contribution in [2.45, 2.75) is 31.6 Å². The van der Waals surface area contributed by atoms with E-state index in [1.165, 1.54) is 4.90 Å². The van der Waals surface area contributed by atoms with E-state index in [9.17, 15) is 4.79 Å². The Morgan fingerprint density at radius 2 is 1.85 bits per heavy atom. The van der Waals surface area contributed by atoms with E-state index in [0.29, 0.717) is 46.2 Å². The van der Waals surface area contributed by atoms with Crippen molar-refractivity contribution in [2.24, 2.45) is 5.92 Å². The van der Waals surface area contributed by atoms with E-state index in [2.05, 4.69) is 17.3 Å². The fraction of sp³-hybridized carbons (Fsp3) is 0.400. The van der Waals surface area contributed by atoms with Crippen molar-refractivity contribution in [2.75, 3.05) is 13.1 Å². The molecule has 142 valence electrons. The van der Waals surface area contributed by atoms with Gasteiger partial charge in [0.2, 0.25) is 0 Å². The highest BCUT2D eigenvalue weighted by Gasteiger charge is 2.32. The molecule has 0 spiro atoms. The lowest BCUT2D eigenvalue weighted by molar-refractivity contribution is 0.129. The van der Waals surface area contributed by atoms with Crippen LogP contribution in [0.25, 0.3) is 17.3 Å². The normalized spacial score (nSPS) is 18.4. The topological polar surface area (TPSA) is 66.6 Å². The van der Waals surface area contributed by atoms with Gasteiger partial charge < -0.3 is 14.5 Å². The second-order valence-corrected chi connectivity index (χ2v) is 7.96. The quantitative estimate of drug-likeness (QED) is 0.682. The Morgan fingerprint density at radius 3 is 2.44 bits per heavy atom. The Kier molecular flexibility index (Phi) is 5.15. The van der Waals surface area contributed by atoms with Gasteiger partial charge in [0.05, 0.1) is 10.0 Å². The molecular formula is C20H20Cl2N2O3. The number of carboxylic acid groups (broad SMARTS) is 1. The number of halogens is 2. The minimum absolute atomic E-state index is 0.331. The van der Waals surface area contributed by atoms with Gasteiger partial charge in [-0.25, -0.2) is 4.79 Å². The Hall–Kier alpha value is -1.98. The maximum absolute atomic E-state index is 11.1. The molecule has 7 heteroatoms. The number of carbonyl (C=O) groups is 1. The van der Waals surface area contributed by atoms with Crippen LogP contribution in [0.3, 0.4) is 0 Å². The lowest BCUT2D eigenvalue weighted by Gasteiger charge is -2.28. The van der Waals surface area contributed by atoms with Gasteiger partial charge in [0.1, 0.15) is 11.5 Å². The molecule has 1 saturated carbocycles. The van der Waals surface area contributed by atoms with Gasteiger partial charge in [0.25, 0.3) is 0 Å². The van der Waals surface area contributed by atoms with Crippen molar-refractivity contribution in [3.63, 3.8) is 0 Å². The highest BCUT2D eigenvalue weighted by atomic mass is 35.5. The van der Waals surface area contributed by atoms with Crippen LogP contribution in [0.1, 0.15) is 42.9 Å². The molecule has 0 unspecified atom stereocenters. The predicted molar refractivity (Wildman–Crippen MR) is 105 cm³/mol.